The number of fused-ring (bicyclic) bond motifs is 1. The van der Waals surface area contributed by atoms with Gasteiger partial charge in [0.2, 0.25) is 0 Å². The van der Waals surface area contributed by atoms with Crippen LogP contribution in [0.3, 0.4) is 0 Å². The van der Waals surface area contributed by atoms with E-state index in [0.717, 1.165) is 58.9 Å². The highest BCUT2D eigenvalue weighted by Gasteiger charge is 2.29. The molecule has 0 atom stereocenters. The van der Waals surface area contributed by atoms with Crippen LogP contribution in [0.4, 0.5) is 11.5 Å². The lowest BCUT2D eigenvalue weighted by molar-refractivity contribution is 0.413. The molecule has 0 N–H and O–H groups in total. The predicted octanol–water partition coefficient (Wildman–Crippen LogP) is 4.91. The van der Waals surface area contributed by atoms with Crippen molar-refractivity contribution in [3.05, 3.63) is 52.3 Å². The van der Waals surface area contributed by atoms with Crippen molar-refractivity contribution in [2.45, 2.75) is 25.7 Å². The van der Waals surface area contributed by atoms with Gasteiger partial charge in [-0.05, 0) is 49.6 Å². The lowest BCUT2D eigenvalue weighted by Crippen LogP contribution is -2.47. The van der Waals surface area contributed by atoms with Crippen LogP contribution in [0.15, 0.2) is 40.9 Å². The maximum atomic E-state index is 5.56. The van der Waals surface area contributed by atoms with Gasteiger partial charge >= 0.3 is 0 Å². The van der Waals surface area contributed by atoms with E-state index in [1.54, 1.807) is 7.11 Å². The number of aryl methyl sites for hydroxylation is 1. The molecular weight excluding hydrogens is 428 g/mol. The number of piperazine rings is 1. The molecule has 5 nitrogen and oxygen atoms in total. The minimum Gasteiger partial charge on any atom is -0.495 e. The monoisotopic (exact) mass is 452 g/mol. The zero-order valence-electron chi connectivity index (χ0n) is 16.9. The van der Waals surface area contributed by atoms with E-state index in [-0.39, 0.29) is 0 Å². The van der Waals surface area contributed by atoms with Crippen molar-refractivity contribution >= 4 is 38.3 Å². The molecule has 3 aromatic rings. The smallest absolute Gasteiger partial charge is 0.142 e. The fraction of sp³-hybridized carbons (Fsp3) is 0.391. The molecule has 0 radical (unpaired) electrons. The van der Waals surface area contributed by atoms with Crippen LogP contribution in [0.5, 0.6) is 5.75 Å². The van der Waals surface area contributed by atoms with Gasteiger partial charge in [-0.1, -0.05) is 28.1 Å². The molecule has 150 valence electrons. The van der Waals surface area contributed by atoms with Crippen LogP contribution >= 0.6 is 15.9 Å². The molecule has 6 heteroatoms. The molecule has 1 saturated carbocycles. The quantitative estimate of drug-likeness (QED) is 0.562. The van der Waals surface area contributed by atoms with Crippen molar-refractivity contribution in [2.24, 2.45) is 0 Å². The fourth-order valence-corrected chi connectivity index (χ4v) is 4.41. The first-order valence-corrected chi connectivity index (χ1v) is 11.0. The van der Waals surface area contributed by atoms with Crippen molar-refractivity contribution in [2.75, 3.05) is 43.1 Å². The number of methoxy groups -OCH3 is 1. The van der Waals surface area contributed by atoms with Crippen molar-refractivity contribution in [1.82, 2.24) is 9.97 Å². The van der Waals surface area contributed by atoms with Crippen LogP contribution < -0.4 is 14.5 Å². The molecule has 1 aliphatic carbocycles. The van der Waals surface area contributed by atoms with Gasteiger partial charge in [-0.25, -0.2) is 9.97 Å². The molecule has 1 saturated heterocycles. The van der Waals surface area contributed by atoms with Crippen LogP contribution in [-0.4, -0.2) is 43.3 Å². The minimum absolute atomic E-state index is 0.539. The largest absolute Gasteiger partial charge is 0.495 e. The number of halogens is 1. The van der Waals surface area contributed by atoms with Crippen molar-refractivity contribution in [3.63, 3.8) is 0 Å². The summed E-state index contributed by atoms with van der Waals surface area (Å²) in [6.07, 6.45) is 2.42. The topological polar surface area (TPSA) is 41.5 Å². The fourth-order valence-electron chi connectivity index (χ4n) is 4.07. The van der Waals surface area contributed by atoms with Gasteiger partial charge in [0, 0.05) is 42.0 Å². The van der Waals surface area contributed by atoms with E-state index in [1.165, 1.54) is 24.1 Å². The zero-order chi connectivity index (χ0) is 20.0. The summed E-state index contributed by atoms with van der Waals surface area (Å²) in [7, 11) is 1.74. The Morgan fingerprint density at radius 3 is 2.45 bits per heavy atom. The number of para-hydroxylation sites is 2. The summed E-state index contributed by atoms with van der Waals surface area (Å²) in [5, 5.41) is 1.14. The zero-order valence-corrected chi connectivity index (χ0v) is 18.4. The molecule has 0 unspecified atom stereocenters. The lowest BCUT2D eigenvalue weighted by Gasteiger charge is -2.37. The van der Waals surface area contributed by atoms with Gasteiger partial charge in [0.15, 0.2) is 0 Å². The van der Waals surface area contributed by atoms with Crippen molar-refractivity contribution in [1.29, 1.82) is 0 Å². The highest BCUT2D eigenvalue weighted by Crippen LogP contribution is 2.40. The highest BCUT2D eigenvalue weighted by molar-refractivity contribution is 9.10. The number of ether oxygens (including phenoxy) is 1. The van der Waals surface area contributed by atoms with Crippen LogP contribution in [0, 0.1) is 6.92 Å². The highest BCUT2D eigenvalue weighted by atomic mass is 79.9. The summed E-state index contributed by atoms with van der Waals surface area (Å²) in [6, 6.07) is 12.6. The van der Waals surface area contributed by atoms with Crippen molar-refractivity contribution < 1.29 is 4.74 Å². The Bertz CT molecular complexity index is 1060. The third-order valence-electron chi connectivity index (χ3n) is 5.92. The average Bonchev–Trinajstić information content (AvgIpc) is 3.59. The SMILES string of the molecule is COc1ccccc1N1CCN(c2nc(C3CC3)nc3cc(C)c(Br)cc23)CC1. The number of nitrogens with zero attached hydrogens (tertiary/aromatic N) is 4. The molecule has 1 aromatic heterocycles. The summed E-state index contributed by atoms with van der Waals surface area (Å²) in [5.41, 5.74) is 3.44. The molecule has 2 heterocycles. The van der Waals surface area contributed by atoms with Gasteiger partial charge in [-0.2, -0.15) is 0 Å². The second kappa shape index (κ2) is 7.48. The van der Waals surface area contributed by atoms with Crippen LogP contribution in [0.25, 0.3) is 10.9 Å². The number of anilines is 2. The van der Waals surface area contributed by atoms with Gasteiger partial charge in [0.25, 0.3) is 0 Å². The third-order valence-corrected chi connectivity index (χ3v) is 6.78. The molecule has 5 rings (SSSR count). The number of rotatable bonds is 4. The summed E-state index contributed by atoms with van der Waals surface area (Å²) in [4.78, 5) is 14.8. The summed E-state index contributed by atoms with van der Waals surface area (Å²) >= 11 is 3.69. The van der Waals surface area contributed by atoms with Crippen molar-refractivity contribution in [3.8, 4) is 5.75 Å². The van der Waals surface area contributed by atoms with E-state index in [1.807, 2.05) is 12.1 Å². The molecule has 2 aliphatic rings. The second-order valence-corrected chi connectivity index (χ2v) is 8.80. The second-order valence-electron chi connectivity index (χ2n) is 7.94. The average molecular weight is 453 g/mol. The number of aromatic nitrogens is 2. The maximum Gasteiger partial charge on any atom is 0.142 e. The predicted molar refractivity (Wildman–Crippen MR) is 121 cm³/mol. The van der Waals surface area contributed by atoms with Crippen LogP contribution in [-0.2, 0) is 0 Å². The minimum atomic E-state index is 0.539. The Balaban J connectivity index is 1.46. The molecular formula is C23H25BrN4O. The number of hydrogen-bond acceptors (Lipinski definition) is 5. The van der Waals surface area contributed by atoms with Gasteiger partial charge in [0.1, 0.15) is 17.4 Å². The molecule has 0 spiro atoms. The molecule has 2 aromatic carbocycles. The summed E-state index contributed by atoms with van der Waals surface area (Å²) < 4.78 is 6.67. The van der Waals surface area contributed by atoms with E-state index in [4.69, 9.17) is 14.7 Å². The molecule has 29 heavy (non-hydrogen) atoms. The van der Waals surface area contributed by atoms with Gasteiger partial charge < -0.3 is 14.5 Å². The van der Waals surface area contributed by atoms with E-state index in [9.17, 15) is 0 Å². The number of hydrogen-bond donors (Lipinski definition) is 0. The Morgan fingerprint density at radius 1 is 1.00 bits per heavy atom. The molecule has 0 bridgehead atoms. The molecule has 1 aliphatic heterocycles. The lowest BCUT2D eigenvalue weighted by atomic mass is 10.1. The molecule has 2 fully saturated rings. The Kier molecular flexibility index (Phi) is 4.82. The summed E-state index contributed by atoms with van der Waals surface area (Å²) in [6.45, 7) is 5.86. The van der Waals surface area contributed by atoms with E-state index < -0.39 is 0 Å². The first kappa shape index (κ1) is 18.7. The first-order chi connectivity index (χ1) is 14.1. The van der Waals surface area contributed by atoms with Gasteiger partial charge in [-0.15, -0.1) is 0 Å². The number of benzene rings is 2. The normalized spacial score (nSPS) is 17.1. The van der Waals surface area contributed by atoms with E-state index in [0.29, 0.717) is 5.92 Å². The molecule has 0 amide bonds. The Labute approximate surface area is 179 Å². The Morgan fingerprint density at radius 2 is 1.72 bits per heavy atom. The van der Waals surface area contributed by atoms with Gasteiger partial charge in [-0.3, -0.25) is 0 Å². The van der Waals surface area contributed by atoms with Crippen LogP contribution in [0.2, 0.25) is 0 Å². The van der Waals surface area contributed by atoms with E-state index in [2.05, 4.69) is 56.9 Å². The van der Waals surface area contributed by atoms with Crippen LogP contribution in [0.1, 0.15) is 30.1 Å². The maximum absolute atomic E-state index is 5.56. The summed E-state index contributed by atoms with van der Waals surface area (Å²) in [5.74, 6) is 3.57. The first-order valence-electron chi connectivity index (χ1n) is 10.2. The standard InChI is InChI=1S/C23H25BrN4O/c1-15-13-19-17(14-18(15)24)23(26-22(25-19)16-7-8-16)28-11-9-27(10-12-28)20-5-3-4-6-21(20)29-2/h3-6,13-14,16H,7-12H2,1-2H3. The Hall–Kier alpha value is -2.34. The van der Waals surface area contributed by atoms with E-state index >= 15 is 0 Å². The van der Waals surface area contributed by atoms with Gasteiger partial charge in [0.05, 0.1) is 18.3 Å². The third kappa shape index (κ3) is 3.54.